The van der Waals surface area contributed by atoms with E-state index in [1.807, 2.05) is 6.92 Å². The summed E-state index contributed by atoms with van der Waals surface area (Å²) >= 11 is 0. The summed E-state index contributed by atoms with van der Waals surface area (Å²) in [6.45, 7) is 3.61. The zero-order chi connectivity index (χ0) is 15.4. The summed E-state index contributed by atoms with van der Waals surface area (Å²) in [5, 5.41) is 10.3. The Bertz CT molecular complexity index is 523. The third-order valence-corrected chi connectivity index (χ3v) is 5.80. The highest BCUT2D eigenvalue weighted by Crippen LogP contribution is 2.70. The number of rotatable bonds is 4. The van der Waals surface area contributed by atoms with Crippen molar-refractivity contribution in [2.24, 2.45) is 17.3 Å². The Morgan fingerprint density at radius 1 is 1.62 bits per heavy atom. The highest BCUT2D eigenvalue weighted by molar-refractivity contribution is 5.87. The fourth-order valence-electron chi connectivity index (χ4n) is 4.69. The van der Waals surface area contributed by atoms with Crippen LogP contribution in [0.3, 0.4) is 0 Å². The Hall–Kier alpha value is -1.36. The molecule has 4 fully saturated rings. The van der Waals surface area contributed by atoms with Crippen LogP contribution in [0.2, 0.25) is 0 Å². The van der Waals surface area contributed by atoms with Crippen LogP contribution in [0, 0.1) is 17.3 Å². The average Bonchev–Trinajstić information content (AvgIpc) is 2.51. The van der Waals surface area contributed by atoms with Gasteiger partial charge in [0.05, 0.1) is 18.6 Å². The highest BCUT2D eigenvalue weighted by atomic mass is 16.6. The highest BCUT2D eigenvalue weighted by Gasteiger charge is 2.74. The molecule has 4 rings (SSSR count). The largest absolute Gasteiger partial charge is 0.466 e. The predicted molar refractivity (Wildman–Crippen MR) is 74.2 cm³/mol. The fourth-order valence-corrected chi connectivity index (χ4v) is 4.69. The maximum atomic E-state index is 12.4. The third kappa shape index (κ3) is 1.86. The van der Waals surface area contributed by atoms with Gasteiger partial charge in [-0.1, -0.05) is 0 Å². The van der Waals surface area contributed by atoms with Crippen LogP contribution in [0.25, 0.3) is 0 Å². The second-order valence-electron chi connectivity index (χ2n) is 6.88. The number of carbonyl (C=O) groups is 2. The van der Waals surface area contributed by atoms with Crippen LogP contribution in [0.1, 0.15) is 39.5 Å². The van der Waals surface area contributed by atoms with Gasteiger partial charge in [0.2, 0.25) is 0 Å². The lowest BCUT2D eigenvalue weighted by Gasteiger charge is -2.57. The van der Waals surface area contributed by atoms with Gasteiger partial charge in [-0.15, -0.1) is 0 Å². The van der Waals surface area contributed by atoms with E-state index < -0.39 is 17.5 Å². The molecule has 0 unspecified atom stereocenters. The van der Waals surface area contributed by atoms with Crippen LogP contribution in [0.4, 0.5) is 0 Å². The van der Waals surface area contributed by atoms with Gasteiger partial charge in [0, 0.05) is 11.5 Å². The van der Waals surface area contributed by atoms with Gasteiger partial charge in [-0.3, -0.25) is 4.79 Å². The van der Waals surface area contributed by atoms with Crippen molar-refractivity contribution in [3.05, 3.63) is 11.6 Å². The molecule has 1 aliphatic heterocycles. The maximum Gasteiger partial charge on any atom is 0.333 e. The lowest BCUT2D eigenvalue weighted by molar-refractivity contribution is -0.157. The van der Waals surface area contributed by atoms with Crippen LogP contribution in [0.5, 0.6) is 0 Å². The first-order valence-corrected chi connectivity index (χ1v) is 7.52. The van der Waals surface area contributed by atoms with Crippen LogP contribution in [-0.4, -0.2) is 35.9 Å². The van der Waals surface area contributed by atoms with Crippen molar-refractivity contribution in [3.8, 4) is 0 Å². The number of hydrogen-bond donors (Lipinski definition) is 1. The zero-order valence-corrected chi connectivity index (χ0v) is 12.7. The van der Waals surface area contributed by atoms with Crippen LogP contribution < -0.4 is 0 Å². The molecular formula is C16H22O5. The molecule has 1 saturated heterocycles. The summed E-state index contributed by atoms with van der Waals surface area (Å²) < 4.78 is 10.3. The number of fused-ring (bicyclic) bond motifs is 1. The summed E-state index contributed by atoms with van der Waals surface area (Å²) in [6.07, 6.45) is 3.90. The second-order valence-corrected chi connectivity index (χ2v) is 6.88. The van der Waals surface area contributed by atoms with E-state index in [1.165, 1.54) is 13.2 Å². The van der Waals surface area contributed by atoms with Crippen molar-refractivity contribution >= 4 is 11.9 Å². The molecule has 4 bridgehead atoms. The minimum atomic E-state index is -0.831. The minimum Gasteiger partial charge on any atom is -0.466 e. The number of carbonyl (C=O) groups excluding carboxylic acids is 2. The molecule has 1 N–H and O–H groups in total. The quantitative estimate of drug-likeness (QED) is 0.629. The molecule has 21 heavy (non-hydrogen) atoms. The normalized spacial score (nSPS) is 42.1. The van der Waals surface area contributed by atoms with E-state index in [9.17, 15) is 14.7 Å². The molecule has 3 aliphatic carbocycles. The number of esters is 2. The van der Waals surface area contributed by atoms with Gasteiger partial charge in [-0.2, -0.15) is 0 Å². The minimum absolute atomic E-state index is 0.160. The van der Waals surface area contributed by atoms with E-state index in [0.29, 0.717) is 17.9 Å². The lowest BCUT2D eigenvalue weighted by atomic mass is 9.43. The Labute approximate surface area is 124 Å². The van der Waals surface area contributed by atoms with E-state index in [2.05, 4.69) is 4.74 Å². The molecule has 1 heterocycles. The summed E-state index contributed by atoms with van der Waals surface area (Å²) in [7, 11) is 1.31. The Balaban J connectivity index is 1.79. The SMILES string of the molecule is COC(=O)/C(C)=C/[C@@H](O)C[C@@]12C(=O)O[C@]3(C)CC[C@H]1C[C@H]23. The second kappa shape index (κ2) is 4.57. The monoisotopic (exact) mass is 294 g/mol. The van der Waals surface area contributed by atoms with Gasteiger partial charge >= 0.3 is 11.9 Å². The predicted octanol–water partition coefficient (Wildman–Crippen LogP) is 1.59. The summed E-state index contributed by atoms with van der Waals surface area (Å²) in [5.41, 5.74) is -0.536. The van der Waals surface area contributed by atoms with Gasteiger partial charge in [-0.25, -0.2) is 4.79 Å². The molecule has 0 amide bonds. The molecule has 0 aromatic rings. The van der Waals surface area contributed by atoms with Crippen molar-refractivity contribution in [2.45, 2.75) is 51.2 Å². The molecule has 0 aromatic heterocycles. The van der Waals surface area contributed by atoms with Crippen molar-refractivity contribution in [2.75, 3.05) is 7.11 Å². The smallest absolute Gasteiger partial charge is 0.333 e. The van der Waals surface area contributed by atoms with E-state index in [-0.39, 0.29) is 17.5 Å². The summed E-state index contributed by atoms with van der Waals surface area (Å²) in [4.78, 5) is 23.8. The summed E-state index contributed by atoms with van der Waals surface area (Å²) in [6, 6.07) is 0. The molecule has 3 saturated carbocycles. The van der Waals surface area contributed by atoms with Crippen molar-refractivity contribution in [1.82, 2.24) is 0 Å². The Morgan fingerprint density at radius 3 is 2.95 bits per heavy atom. The lowest BCUT2D eigenvalue weighted by Crippen LogP contribution is -2.59. The third-order valence-electron chi connectivity index (χ3n) is 5.80. The first-order chi connectivity index (χ1) is 9.83. The first kappa shape index (κ1) is 14.6. The summed E-state index contributed by atoms with van der Waals surface area (Å²) in [5.74, 6) is -0.101. The topological polar surface area (TPSA) is 72.8 Å². The van der Waals surface area contributed by atoms with Crippen molar-refractivity contribution in [3.63, 3.8) is 0 Å². The van der Waals surface area contributed by atoms with E-state index in [4.69, 9.17) is 4.74 Å². The molecule has 0 spiro atoms. The molecule has 116 valence electrons. The molecule has 5 atom stereocenters. The fraction of sp³-hybridized carbons (Fsp3) is 0.750. The molecule has 5 heteroatoms. The molecule has 0 radical (unpaired) electrons. The van der Waals surface area contributed by atoms with Gasteiger partial charge in [0.25, 0.3) is 0 Å². The van der Waals surface area contributed by atoms with Crippen LogP contribution in [-0.2, 0) is 19.1 Å². The van der Waals surface area contributed by atoms with Crippen LogP contribution >= 0.6 is 0 Å². The van der Waals surface area contributed by atoms with Crippen molar-refractivity contribution in [1.29, 1.82) is 0 Å². The molecular weight excluding hydrogens is 272 g/mol. The Kier molecular flexibility index (Phi) is 3.17. The van der Waals surface area contributed by atoms with Gasteiger partial charge < -0.3 is 14.6 Å². The molecule has 4 aliphatic rings. The van der Waals surface area contributed by atoms with Gasteiger partial charge in [0.1, 0.15) is 5.60 Å². The van der Waals surface area contributed by atoms with E-state index in [1.54, 1.807) is 6.92 Å². The van der Waals surface area contributed by atoms with Gasteiger partial charge in [0.15, 0.2) is 0 Å². The molecule has 0 aromatic carbocycles. The first-order valence-electron chi connectivity index (χ1n) is 7.52. The zero-order valence-electron chi connectivity index (χ0n) is 12.7. The number of methoxy groups -OCH3 is 1. The standard InChI is InChI=1S/C16H22O5/c1-9(13(18)20-3)6-11(17)8-16-10-4-5-15(2,12(16)7-10)21-14(16)19/h6,10-12,17H,4-5,7-8H2,1-3H3/b9-6+/t10-,11+,12-,15+,16+/m0/s1. The number of aliphatic hydroxyl groups excluding tert-OH is 1. The maximum absolute atomic E-state index is 12.4. The van der Waals surface area contributed by atoms with Crippen LogP contribution in [0.15, 0.2) is 11.6 Å². The van der Waals surface area contributed by atoms with Gasteiger partial charge in [-0.05, 0) is 51.5 Å². The molecule has 5 nitrogen and oxygen atoms in total. The van der Waals surface area contributed by atoms with Crippen molar-refractivity contribution < 1.29 is 24.2 Å². The average molecular weight is 294 g/mol. The Morgan fingerprint density at radius 2 is 2.33 bits per heavy atom. The van der Waals surface area contributed by atoms with E-state index >= 15 is 0 Å². The number of aliphatic hydroxyl groups is 1. The number of hydrogen-bond acceptors (Lipinski definition) is 5. The number of ether oxygens (including phenoxy) is 2. The van der Waals surface area contributed by atoms with E-state index in [0.717, 1.165) is 19.3 Å².